The first-order chi connectivity index (χ1) is 6.70. The first-order valence-electron chi connectivity index (χ1n) is 5.64. The molecule has 0 bridgehead atoms. The summed E-state index contributed by atoms with van der Waals surface area (Å²) in [6.45, 7) is 14.0. The van der Waals surface area contributed by atoms with Gasteiger partial charge in [-0.2, -0.15) is 0 Å². The van der Waals surface area contributed by atoms with Crippen LogP contribution in [0, 0.1) is 0 Å². The Hall–Kier alpha value is -0.780. The van der Waals surface area contributed by atoms with Crippen LogP contribution in [-0.2, 0) is 0 Å². The highest BCUT2D eigenvalue weighted by Crippen LogP contribution is 2.17. The van der Waals surface area contributed by atoms with Gasteiger partial charge in [0.2, 0.25) is 0 Å². The summed E-state index contributed by atoms with van der Waals surface area (Å²) >= 11 is 0. The molecule has 0 nitrogen and oxygen atoms in total. The van der Waals surface area contributed by atoms with Gasteiger partial charge in [0.15, 0.2) is 0 Å². The van der Waals surface area contributed by atoms with Crippen molar-refractivity contribution < 1.29 is 0 Å². The molecule has 0 aromatic rings. The third-order valence-corrected chi connectivity index (χ3v) is 2.37. The summed E-state index contributed by atoms with van der Waals surface area (Å²) in [5.74, 6) is 0. The van der Waals surface area contributed by atoms with Gasteiger partial charge < -0.3 is 0 Å². The fourth-order valence-electron chi connectivity index (χ4n) is 1.45. The highest BCUT2D eigenvalue weighted by atomic mass is 14.0. The zero-order valence-corrected chi connectivity index (χ0v) is 9.65. The molecule has 0 aromatic heterocycles. The Labute approximate surface area is 89.4 Å². The van der Waals surface area contributed by atoms with Gasteiger partial charge in [-0.1, -0.05) is 43.7 Å². The zero-order chi connectivity index (χ0) is 10.8. The molecule has 0 atom stereocenters. The van der Waals surface area contributed by atoms with E-state index in [4.69, 9.17) is 0 Å². The molecule has 0 aliphatic rings. The predicted molar refractivity (Wildman–Crippen MR) is 66.5 cm³/mol. The number of hydrogen-bond donors (Lipinski definition) is 0. The van der Waals surface area contributed by atoms with E-state index in [9.17, 15) is 0 Å². The van der Waals surface area contributed by atoms with Crippen LogP contribution in [0.4, 0.5) is 0 Å². The second kappa shape index (κ2) is 8.80. The van der Waals surface area contributed by atoms with Crippen LogP contribution in [0.15, 0.2) is 37.0 Å². The molecular weight excluding hydrogens is 168 g/mol. The molecule has 0 N–H and O–H groups in total. The van der Waals surface area contributed by atoms with Crippen LogP contribution in [0.5, 0.6) is 0 Å². The lowest BCUT2D eigenvalue weighted by Crippen LogP contribution is -1.86. The molecule has 0 aliphatic heterocycles. The number of allylic oxidation sites excluding steroid dienone is 3. The monoisotopic (exact) mass is 192 g/mol. The molecule has 14 heavy (non-hydrogen) atoms. The molecule has 0 aliphatic carbocycles. The van der Waals surface area contributed by atoms with Crippen molar-refractivity contribution in [2.24, 2.45) is 0 Å². The molecule has 0 saturated carbocycles. The quantitative estimate of drug-likeness (QED) is 0.355. The van der Waals surface area contributed by atoms with E-state index in [0.29, 0.717) is 0 Å². The summed E-state index contributed by atoms with van der Waals surface area (Å²) < 4.78 is 0. The second-order valence-corrected chi connectivity index (χ2v) is 3.93. The van der Waals surface area contributed by atoms with Gasteiger partial charge in [0.1, 0.15) is 0 Å². The molecule has 0 fully saturated rings. The van der Waals surface area contributed by atoms with Crippen LogP contribution in [0.25, 0.3) is 0 Å². The van der Waals surface area contributed by atoms with Gasteiger partial charge in [0.25, 0.3) is 0 Å². The number of unbranched alkanes of at least 4 members (excludes halogenated alkanes) is 1. The van der Waals surface area contributed by atoms with Crippen molar-refractivity contribution in [1.82, 2.24) is 0 Å². The normalized spacial score (nSPS) is 9.79. The molecule has 0 amide bonds. The van der Waals surface area contributed by atoms with E-state index in [1.54, 1.807) is 0 Å². The molecule has 0 saturated heterocycles. The van der Waals surface area contributed by atoms with Crippen molar-refractivity contribution in [3.63, 3.8) is 0 Å². The highest BCUT2D eigenvalue weighted by Gasteiger charge is 1.97. The number of hydrogen-bond acceptors (Lipinski definition) is 0. The highest BCUT2D eigenvalue weighted by molar-refractivity contribution is 5.02. The van der Waals surface area contributed by atoms with Gasteiger partial charge in [-0.05, 0) is 38.5 Å². The Kier molecular flexibility index (Phi) is 8.31. The number of rotatable bonds is 9. The van der Waals surface area contributed by atoms with Crippen LogP contribution in [0.1, 0.15) is 51.9 Å². The van der Waals surface area contributed by atoms with Gasteiger partial charge in [-0.25, -0.2) is 0 Å². The molecule has 0 heterocycles. The van der Waals surface area contributed by atoms with Gasteiger partial charge in [-0.15, -0.1) is 6.58 Å². The summed E-state index contributed by atoms with van der Waals surface area (Å²) in [6, 6.07) is 0. The van der Waals surface area contributed by atoms with Crippen molar-refractivity contribution in [1.29, 1.82) is 0 Å². The maximum absolute atomic E-state index is 4.08. The van der Waals surface area contributed by atoms with Crippen LogP contribution in [0.2, 0.25) is 0 Å². The van der Waals surface area contributed by atoms with E-state index < -0.39 is 0 Å². The first kappa shape index (κ1) is 13.2. The third kappa shape index (κ3) is 7.85. The topological polar surface area (TPSA) is 0 Å². The Morgan fingerprint density at radius 2 is 1.57 bits per heavy atom. The molecule has 0 aromatic carbocycles. The molecule has 0 heteroatoms. The molecule has 0 unspecified atom stereocenters. The minimum Gasteiger partial charge on any atom is -0.103 e. The van der Waals surface area contributed by atoms with E-state index in [0.717, 1.165) is 25.7 Å². The van der Waals surface area contributed by atoms with Gasteiger partial charge in [0, 0.05) is 0 Å². The van der Waals surface area contributed by atoms with Crippen molar-refractivity contribution >= 4 is 0 Å². The van der Waals surface area contributed by atoms with Crippen molar-refractivity contribution in [3.05, 3.63) is 37.0 Å². The second-order valence-electron chi connectivity index (χ2n) is 3.93. The summed E-state index contributed by atoms with van der Waals surface area (Å²) in [6.07, 6.45) is 10.0. The third-order valence-electron chi connectivity index (χ3n) is 2.37. The van der Waals surface area contributed by atoms with Crippen molar-refractivity contribution in [2.75, 3.05) is 0 Å². The summed E-state index contributed by atoms with van der Waals surface area (Å²) in [5, 5.41) is 0. The van der Waals surface area contributed by atoms with E-state index >= 15 is 0 Å². The lowest BCUT2D eigenvalue weighted by Gasteiger charge is -2.06. The first-order valence-corrected chi connectivity index (χ1v) is 5.64. The standard InChI is InChI=1S/C14H24/c1-5-7-8-10-14(4)12-11-13(3)9-6-2/h5H,1,3-4,6-12H2,2H3. The lowest BCUT2D eigenvalue weighted by molar-refractivity contribution is 0.758. The largest absolute Gasteiger partial charge is 0.103 e. The van der Waals surface area contributed by atoms with Crippen molar-refractivity contribution in [2.45, 2.75) is 51.9 Å². The van der Waals surface area contributed by atoms with Crippen LogP contribution >= 0.6 is 0 Å². The Balaban J connectivity index is 3.43. The summed E-state index contributed by atoms with van der Waals surface area (Å²) in [7, 11) is 0. The SMILES string of the molecule is C=CCCCC(=C)CCC(=C)CCC. The summed E-state index contributed by atoms with van der Waals surface area (Å²) in [4.78, 5) is 0. The van der Waals surface area contributed by atoms with Gasteiger partial charge in [-0.3, -0.25) is 0 Å². The van der Waals surface area contributed by atoms with E-state index in [-0.39, 0.29) is 0 Å². The minimum atomic E-state index is 1.11. The maximum atomic E-state index is 4.08. The molecule has 0 spiro atoms. The molecular formula is C14H24. The molecule has 80 valence electrons. The molecule has 0 radical (unpaired) electrons. The van der Waals surface area contributed by atoms with Crippen molar-refractivity contribution in [3.8, 4) is 0 Å². The van der Waals surface area contributed by atoms with Crippen LogP contribution in [-0.4, -0.2) is 0 Å². The van der Waals surface area contributed by atoms with Crippen LogP contribution in [0.3, 0.4) is 0 Å². The fourth-order valence-corrected chi connectivity index (χ4v) is 1.45. The fraction of sp³-hybridized carbons (Fsp3) is 0.571. The zero-order valence-electron chi connectivity index (χ0n) is 9.65. The predicted octanol–water partition coefficient (Wildman–Crippen LogP) is 5.04. The Morgan fingerprint density at radius 1 is 1.00 bits per heavy atom. The smallest absolute Gasteiger partial charge is 0.0286 e. The van der Waals surface area contributed by atoms with E-state index in [1.807, 2.05) is 6.08 Å². The lowest BCUT2D eigenvalue weighted by atomic mass is 10.0. The van der Waals surface area contributed by atoms with Gasteiger partial charge in [0.05, 0.1) is 0 Å². The Morgan fingerprint density at radius 3 is 2.07 bits per heavy atom. The van der Waals surface area contributed by atoms with E-state index in [2.05, 4.69) is 26.7 Å². The van der Waals surface area contributed by atoms with E-state index in [1.165, 1.54) is 30.4 Å². The van der Waals surface area contributed by atoms with Crippen LogP contribution < -0.4 is 0 Å². The average Bonchev–Trinajstić information content (AvgIpc) is 2.16. The van der Waals surface area contributed by atoms with Gasteiger partial charge >= 0.3 is 0 Å². The maximum Gasteiger partial charge on any atom is -0.0286 e. The summed E-state index contributed by atoms with van der Waals surface area (Å²) in [5.41, 5.74) is 2.74. The molecule has 0 rings (SSSR count). The Bertz CT molecular complexity index is 186. The minimum absolute atomic E-state index is 1.11. The average molecular weight is 192 g/mol.